The number of nitrogens with one attached hydrogen (secondary N) is 1. The SMILES string of the molecule is Cc1cnc(-c2cnc(NC3Cc4cc(Cl)cc(C#N)c4C3)nc2)o1. The fourth-order valence-electron chi connectivity index (χ4n) is 3.09. The van der Waals surface area contributed by atoms with Gasteiger partial charge in [-0.3, -0.25) is 0 Å². The monoisotopic (exact) mass is 351 g/mol. The van der Waals surface area contributed by atoms with E-state index in [0.29, 0.717) is 22.4 Å². The lowest BCUT2D eigenvalue weighted by Crippen LogP contribution is -2.21. The molecule has 3 aromatic rings. The van der Waals surface area contributed by atoms with Crippen LogP contribution in [-0.2, 0) is 12.8 Å². The van der Waals surface area contributed by atoms with Gasteiger partial charge in [0, 0.05) is 23.5 Å². The normalized spacial score (nSPS) is 15.6. The Balaban J connectivity index is 1.49. The van der Waals surface area contributed by atoms with Gasteiger partial charge in [0.2, 0.25) is 11.8 Å². The predicted octanol–water partition coefficient (Wildman–Crippen LogP) is 3.54. The Morgan fingerprint density at radius 3 is 2.68 bits per heavy atom. The number of rotatable bonds is 3. The van der Waals surface area contributed by atoms with E-state index < -0.39 is 0 Å². The lowest BCUT2D eigenvalue weighted by molar-refractivity contribution is 0.542. The van der Waals surface area contributed by atoms with E-state index in [1.807, 2.05) is 13.0 Å². The number of aromatic nitrogens is 3. The Labute approximate surface area is 149 Å². The van der Waals surface area contributed by atoms with E-state index in [2.05, 4.69) is 26.3 Å². The molecule has 0 saturated carbocycles. The van der Waals surface area contributed by atoms with Gasteiger partial charge < -0.3 is 9.73 Å². The van der Waals surface area contributed by atoms with Crippen LogP contribution in [0, 0.1) is 18.3 Å². The first-order chi connectivity index (χ1) is 12.1. The zero-order chi connectivity index (χ0) is 17.4. The first-order valence-electron chi connectivity index (χ1n) is 7.85. The lowest BCUT2D eigenvalue weighted by atomic mass is 10.0. The predicted molar refractivity (Wildman–Crippen MR) is 93.3 cm³/mol. The van der Waals surface area contributed by atoms with E-state index in [9.17, 15) is 5.26 Å². The van der Waals surface area contributed by atoms with Crippen LogP contribution >= 0.6 is 11.6 Å². The number of oxazole rings is 1. The van der Waals surface area contributed by atoms with Crippen LogP contribution in [0.2, 0.25) is 5.02 Å². The summed E-state index contributed by atoms with van der Waals surface area (Å²) in [5, 5.41) is 13.2. The van der Waals surface area contributed by atoms with Gasteiger partial charge >= 0.3 is 0 Å². The Kier molecular flexibility index (Phi) is 3.86. The topological polar surface area (TPSA) is 87.6 Å². The van der Waals surface area contributed by atoms with Crippen molar-refractivity contribution in [1.29, 1.82) is 5.26 Å². The second kappa shape index (κ2) is 6.19. The average Bonchev–Trinajstić information content (AvgIpc) is 3.20. The van der Waals surface area contributed by atoms with E-state index >= 15 is 0 Å². The van der Waals surface area contributed by atoms with E-state index in [1.165, 1.54) is 0 Å². The van der Waals surface area contributed by atoms with Gasteiger partial charge in [0.15, 0.2) is 0 Å². The number of aryl methyl sites for hydroxylation is 1. The molecule has 6 nitrogen and oxygen atoms in total. The molecule has 1 atom stereocenters. The van der Waals surface area contributed by atoms with Crippen LogP contribution < -0.4 is 5.32 Å². The highest BCUT2D eigenvalue weighted by molar-refractivity contribution is 6.30. The van der Waals surface area contributed by atoms with Crippen LogP contribution in [0.1, 0.15) is 22.5 Å². The fraction of sp³-hybridized carbons (Fsp3) is 0.222. The third-order valence-corrected chi connectivity index (χ3v) is 4.42. The van der Waals surface area contributed by atoms with E-state index in [0.717, 1.165) is 35.3 Å². The summed E-state index contributed by atoms with van der Waals surface area (Å²) in [6.07, 6.45) is 6.56. The third kappa shape index (κ3) is 3.06. The smallest absolute Gasteiger partial charge is 0.229 e. The summed E-state index contributed by atoms with van der Waals surface area (Å²) in [6.45, 7) is 1.84. The van der Waals surface area contributed by atoms with Crippen molar-refractivity contribution in [3.8, 4) is 17.5 Å². The lowest BCUT2D eigenvalue weighted by Gasteiger charge is -2.11. The molecule has 0 saturated heterocycles. The third-order valence-electron chi connectivity index (χ3n) is 4.20. The average molecular weight is 352 g/mol. The van der Waals surface area contributed by atoms with Gasteiger partial charge in [0.1, 0.15) is 5.76 Å². The molecule has 4 rings (SSSR count). The molecule has 1 aromatic carbocycles. The summed E-state index contributed by atoms with van der Waals surface area (Å²) >= 11 is 6.08. The molecule has 1 N–H and O–H groups in total. The largest absolute Gasteiger partial charge is 0.441 e. The minimum absolute atomic E-state index is 0.135. The van der Waals surface area contributed by atoms with Crippen molar-refractivity contribution >= 4 is 17.5 Å². The highest BCUT2D eigenvalue weighted by Crippen LogP contribution is 2.30. The molecule has 0 bridgehead atoms. The molecule has 0 aliphatic heterocycles. The van der Waals surface area contributed by atoms with Crippen LogP contribution in [0.5, 0.6) is 0 Å². The van der Waals surface area contributed by atoms with Gasteiger partial charge in [-0.05, 0) is 43.0 Å². The Hall–Kier alpha value is -2.91. The molecule has 25 heavy (non-hydrogen) atoms. The van der Waals surface area contributed by atoms with E-state index in [1.54, 1.807) is 24.7 Å². The highest BCUT2D eigenvalue weighted by atomic mass is 35.5. The van der Waals surface area contributed by atoms with Crippen molar-refractivity contribution in [2.24, 2.45) is 0 Å². The van der Waals surface area contributed by atoms with E-state index in [4.69, 9.17) is 16.0 Å². The molecule has 0 amide bonds. The molecular formula is C18H14ClN5O. The minimum Gasteiger partial charge on any atom is -0.441 e. The minimum atomic E-state index is 0.135. The summed E-state index contributed by atoms with van der Waals surface area (Å²) in [7, 11) is 0. The number of nitriles is 1. The molecule has 2 aromatic heterocycles. The van der Waals surface area contributed by atoms with Gasteiger partial charge in [-0.1, -0.05) is 11.6 Å². The highest BCUT2D eigenvalue weighted by Gasteiger charge is 2.25. The van der Waals surface area contributed by atoms with Crippen molar-refractivity contribution in [3.63, 3.8) is 0 Å². The van der Waals surface area contributed by atoms with Crippen molar-refractivity contribution < 1.29 is 4.42 Å². The number of halogens is 1. The maximum Gasteiger partial charge on any atom is 0.229 e. The van der Waals surface area contributed by atoms with Gasteiger partial charge in [-0.2, -0.15) is 5.26 Å². The van der Waals surface area contributed by atoms with Crippen LogP contribution in [0.15, 0.2) is 35.1 Å². The quantitative estimate of drug-likeness (QED) is 0.776. The van der Waals surface area contributed by atoms with Crippen molar-refractivity contribution in [1.82, 2.24) is 15.0 Å². The number of hydrogen-bond acceptors (Lipinski definition) is 6. The zero-order valence-corrected chi connectivity index (χ0v) is 14.2. The molecule has 2 heterocycles. The maximum atomic E-state index is 9.27. The summed E-state index contributed by atoms with van der Waals surface area (Å²) in [5.74, 6) is 1.79. The summed E-state index contributed by atoms with van der Waals surface area (Å²) in [5.41, 5.74) is 3.53. The number of anilines is 1. The molecule has 124 valence electrons. The second-order valence-electron chi connectivity index (χ2n) is 6.02. The Morgan fingerprint density at radius 1 is 1.20 bits per heavy atom. The van der Waals surface area contributed by atoms with Crippen molar-refractivity contribution in [3.05, 3.63) is 58.2 Å². The molecule has 0 fully saturated rings. The molecule has 1 aliphatic rings. The first kappa shape index (κ1) is 15.6. The van der Waals surface area contributed by atoms with Gasteiger partial charge in [-0.25, -0.2) is 15.0 Å². The number of fused-ring (bicyclic) bond motifs is 1. The van der Waals surface area contributed by atoms with Crippen LogP contribution in [0.4, 0.5) is 5.95 Å². The van der Waals surface area contributed by atoms with Crippen LogP contribution in [0.25, 0.3) is 11.5 Å². The maximum absolute atomic E-state index is 9.27. The first-order valence-corrected chi connectivity index (χ1v) is 8.23. The molecule has 1 aliphatic carbocycles. The number of hydrogen-bond donors (Lipinski definition) is 1. The molecular weight excluding hydrogens is 338 g/mol. The van der Waals surface area contributed by atoms with Crippen molar-refractivity contribution in [2.75, 3.05) is 5.32 Å². The zero-order valence-electron chi connectivity index (χ0n) is 13.5. The standard InChI is InChI=1S/C18H14ClN5O/c1-10-7-21-17(25-10)13-8-22-18(23-9-13)24-15-4-11-2-14(19)3-12(6-20)16(11)5-15/h2-3,7-9,15H,4-5H2,1H3,(H,22,23,24). The molecule has 1 unspecified atom stereocenters. The summed E-state index contributed by atoms with van der Waals surface area (Å²) in [4.78, 5) is 12.8. The van der Waals surface area contributed by atoms with E-state index in [-0.39, 0.29) is 6.04 Å². The van der Waals surface area contributed by atoms with Crippen LogP contribution in [-0.4, -0.2) is 21.0 Å². The Morgan fingerprint density at radius 2 is 2.00 bits per heavy atom. The Bertz CT molecular complexity index is 974. The van der Waals surface area contributed by atoms with Crippen LogP contribution in [0.3, 0.4) is 0 Å². The molecule has 7 heteroatoms. The summed E-state index contributed by atoms with van der Waals surface area (Å²) in [6, 6.07) is 5.99. The summed E-state index contributed by atoms with van der Waals surface area (Å²) < 4.78 is 5.47. The van der Waals surface area contributed by atoms with Gasteiger partial charge in [0.05, 0.1) is 23.4 Å². The molecule has 0 radical (unpaired) electrons. The number of benzene rings is 1. The van der Waals surface area contributed by atoms with Gasteiger partial charge in [0.25, 0.3) is 0 Å². The number of nitrogens with zero attached hydrogens (tertiary/aromatic N) is 4. The fourth-order valence-corrected chi connectivity index (χ4v) is 3.33. The molecule has 0 spiro atoms. The van der Waals surface area contributed by atoms with Gasteiger partial charge in [-0.15, -0.1) is 0 Å². The van der Waals surface area contributed by atoms with Crippen molar-refractivity contribution in [2.45, 2.75) is 25.8 Å². The second-order valence-corrected chi connectivity index (χ2v) is 6.46.